The fourth-order valence-electron chi connectivity index (χ4n) is 3.66. The lowest BCUT2D eigenvalue weighted by atomic mass is 10.0. The van der Waals surface area contributed by atoms with Crippen molar-refractivity contribution < 1.29 is 27.4 Å². The van der Waals surface area contributed by atoms with E-state index in [9.17, 15) is 18.3 Å². The van der Waals surface area contributed by atoms with Crippen LogP contribution in [0.15, 0.2) is 22.7 Å². The highest BCUT2D eigenvalue weighted by atomic mass is 19.4. The normalized spacial score (nSPS) is 17.2. The highest BCUT2D eigenvalue weighted by molar-refractivity contribution is 5.99. The van der Waals surface area contributed by atoms with E-state index < -0.39 is 17.5 Å². The molecule has 30 heavy (non-hydrogen) atoms. The van der Waals surface area contributed by atoms with Crippen molar-refractivity contribution in [2.45, 2.75) is 38.9 Å². The number of aromatic hydroxyl groups is 1. The minimum atomic E-state index is -4.56. The molecule has 3 heterocycles. The molecule has 7 nitrogen and oxygen atoms in total. The fraction of sp³-hybridized carbons (Fsp3) is 0.400. The lowest BCUT2D eigenvalue weighted by molar-refractivity contribution is -0.525. The average Bonchev–Trinajstić information content (AvgIpc) is 3.10. The summed E-state index contributed by atoms with van der Waals surface area (Å²) in [5.74, 6) is -0.0764. The standard InChI is InChI=1S/C20H20F3N5O2/c1-3-28-8-4-5-13(10-28)24-19-16-11(2)27-30-18(16)17(25-26-19)14-7-6-12(9-15(14)29)20(21,22)23/h6-7,9-10,13H,3-5,8H2,1-2H3,(H-,24,25,26,27,29)/p+1/t13-/m1/s1. The van der Waals surface area contributed by atoms with E-state index in [1.807, 2.05) is 0 Å². The summed E-state index contributed by atoms with van der Waals surface area (Å²) in [6.45, 7) is 5.76. The van der Waals surface area contributed by atoms with Gasteiger partial charge in [-0.15, -0.1) is 10.2 Å². The first-order valence-corrected chi connectivity index (χ1v) is 9.66. The van der Waals surface area contributed by atoms with Crippen LogP contribution in [0.25, 0.3) is 22.2 Å². The van der Waals surface area contributed by atoms with Gasteiger partial charge in [0.25, 0.3) is 0 Å². The third-order valence-electron chi connectivity index (χ3n) is 5.22. The van der Waals surface area contributed by atoms with Crippen LogP contribution in [0.1, 0.15) is 31.0 Å². The summed E-state index contributed by atoms with van der Waals surface area (Å²) in [7, 11) is 0. The second-order valence-electron chi connectivity index (χ2n) is 7.27. The van der Waals surface area contributed by atoms with Crippen molar-refractivity contribution in [3.63, 3.8) is 0 Å². The predicted molar refractivity (Wildman–Crippen MR) is 105 cm³/mol. The Labute approximate surface area is 170 Å². The highest BCUT2D eigenvalue weighted by Gasteiger charge is 2.32. The average molecular weight is 420 g/mol. The molecular weight excluding hydrogens is 399 g/mol. The van der Waals surface area contributed by atoms with E-state index in [1.165, 1.54) is 0 Å². The second-order valence-corrected chi connectivity index (χ2v) is 7.27. The SMILES string of the molecule is CC[N+]1=C[C@H](Nc2nnc(-c3ccc(C(F)(F)F)cc3O)c3onc(C)c23)CCC1. The zero-order valence-corrected chi connectivity index (χ0v) is 16.5. The molecule has 1 aliphatic heterocycles. The summed E-state index contributed by atoms with van der Waals surface area (Å²) in [5.41, 5.74) is 0.0875. The molecule has 0 fully saturated rings. The van der Waals surface area contributed by atoms with Gasteiger partial charge < -0.3 is 14.9 Å². The molecule has 0 radical (unpaired) electrons. The molecule has 10 heteroatoms. The van der Waals surface area contributed by atoms with Gasteiger partial charge in [-0.25, -0.2) is 4.58 Å². The number of phenols is 1. The molecule has 158 valence electrons. The maximum atomic E-state index is 12.9. The van der Waals surface area contributed by atoms with Crippen LogP contribution in [0.5, 0.6) is 5.75 Å². The maximum Gasteiger partial charge on any atom is 0.416 e. The number of nitrogens with zero attached hydrogens (tertiary/aromatic N) is 4. The zero-order chi connectivity index (χ0) is 21.5. The van der Waals surface area contributed by atoms with Crippen molar-refractivity contribution in [3.05, 3.63) is 29.5 Å². The lowest BCUT2D eigenvalue weighted by Crippen LogP contribution is -2.33. The molecule has 0 saturated carbocycles. The smallest absolute Gasteiger partial charge is 0.416 e. The second kappa shape index (κ2) is 7.58. The Morgan fingerprint density at radius 2 is 2.10 bits per heavy atom. The first kappa shape index (κ1) is 20.1. The van der Waals surface area contributed by atoms with Gasteiger partial charge in [-0.2, -0.15) is 13.2 Å². The van der Waals surface area contributed by atoms with E-state index in [0.717, 1.165) is 38.1 Å². The number of phenolic OH excluding ortho intramolecular Hbond substituents is 1. The van der Waals surface area contributed by atoms with E-state index >= 15 is 0 Å². The lowest BCUT2D eigenvalue weighted by Gasteiger charge is -2.18. The number of benzene rings is 1. The summed E-state index contributed by atoms with van der Waals surface area (Å²) in [6.07, 6.45) is -0.462. The van der Waals surface area contributed by atoms with E-state index in [4.69, 9.17) is 4.52 Å². The minimum Gasteiger partial charge on any atom is -0.507 e. The molecule has 0 saturated heterocycles. The maximum absolute atomic E-state index is 12.9. The van der Waals surface area contributed by atoms with E-state index in [1.54, 1.807) is 6.92 Å². The van der Waals surface area contributed by atoms with E-state index in [2.05, 4.69) is 38.4 Å². The third kappa shape index (κ3) is 3.69. The van der Waals surface area contributed by atoms with Crippen LogP contribution in [-0.2, 0) is 6.18 Å². The number of alkyl halides is 3. The van der Waals surface area contributed by atoms with Crippen LogP contribution in [0.4, 0.5) is 19.0 Å². The van der Waals surface area contributed by atoms with Crippen molar-refractivity contribution in [1.82, 2.24) is 15.4 Å². The van der Waals surface area contributed by atoms with Crippen molar-refractivity contribution in [1.29, 1.82) is 0 Å². The van der Waals surface area contributed by atoms with E-state index in [-0.39, 0.29) is 22.9 Å². The molecule has 0 unspecified atom stereocenters. The van der Waals surface area contributed by atoms with Gasteiger partial charge in [0.1, 0.15) is 30.6 Å². The third-order valence-corrected chi connectivity index (χ3v) is 5.22. The number of rotatable bonds is 4. The number of fused-ring (bicyclic) bond motifs is 1. The summed E-state index contributed by atoms with van der Waals surface area (Å²) >= 11 is 0. The summed E-state index contributed by atoms with van der Waals surface area (Å²) in [4.78, 5) is 0. The molecule has 0 spiro atoms. The van der Waals surface area contributed by atoms with Crippen LogP contribution in [0, 0.1) is 6.92 Å². The highest BCUT2D eigenvalue weighted by Crippen LogP contribution is 2.39. The van der Waals surface area contributed by atoms with Gasteiger partial charge in [-0.05, 0) is 38.5 Å². The van der Waals surface area contributed by atoms with Gasteiger partial charge in [0.15, 0.2) is 17.6 Å². The molecule has 3 aromatic rings. The van der Waals surface area contributed by atoms with Crippen molar-refractivity contribution in [2.75, 3.05) is 18.4 Å². The van der Waals surface area contributed by atoms with Crippen molar-refractivity contribution in [3.8, 4) is 17.0 Å². The first-order chi connectivity index (χ1) is 14.3. The summed E-state index contributed by atoms with van der Waals surface area (Å²) in [6, 6.07) is 2.76. The van der Waals surface area contributed by atoms with Gasteiger partial charge in [0.05, 0.1) is 16.6 Å². The van der Waals surface area contributed by atoms with Crippen LogP contribution in [-0.4, -0.2) is 50.4 Å². The number of hydrogen-bond acceptors (Lipinski definition) is 6. The van der Waals surface area contributed by atoms with Crippen LogP contribution >= 0.6 is 0 Å². The Hall–Kier alpha value is -3.17. The van der Waals surface area contributed by atoms with Crippen LogP contribution < -0.4 is 5.32 Å². The minimum absolute atomic E-state index is 0.0656. The zero-order valence-electron chi connectivity index (χ0n) is 16.5. The fourth-order valence-corrected chi connectivity index (χ4v) is 3.66. The summed E-state index contributed by atoms with van der Waals surface area (Å²) in [5, 5.41) is 26.5. The largest absolute Gasteiger partial charge is 0.507 e. The molecule has 0 bridgehead atoms. The number of aromatic nitrogens is 3. The number of aryl methyl sites for hydroxylation is 1. The predicted octanol–water partition coefficient (Wildman–Crippen LogP) is 4.00. The molecule has 2 N–H and O–H groups in total. The molecule has 2 aromatic heterocycles. The van der Waals surface area contributed by atoms with Crippen molar-refractivity contribution >= 4 is 23.0 Å². The van der Waals surface area contributed by atoms with Crippen LogP contribution in [0.2, 0.25) is 0 Å². The molecule has 1 atom stereocenters. The molecule has 1 aliphatic rings. The van der Waals surface area contributed by atoms with Crippen molar-refractivity contribution in [2.24, 2.45) is 0 Å². The van der Waals surface area contributed by atoms with Gasteiger partial charge in [0, 0.05) is 12.0 Å². The van der Waals surface area contributed by atoms with Crippen LogP contribution in [0.3, 0.4) is 0 Å². The van der Waals surface area contributed by atoms with Gasteiger partial charge in [-0.3, -0.25) is 0 Å². The summed E-state index contributed by atoms with van der Waals surface area (Å²) < 4.78 is 46.3. The monoisotopic (exact) mass is 420 g/mol. The topological polar surface area (TPSA) is 87.1 Å². The molecular formula is C20H21F3N5O2+. The number of hydrogen-bond donors (Lipinski definition) is 2. The number of anilines is 1. The Kier molecular flexibility index (Phi) is 5.08. The Bertz CT molecular complexity index is 1120. The number of halogens is 3. The van der Waals surface area contributed by atoms with Gasteiger partial charge >= 0.3 is 6.18 Å². The molecule has 4 rings (SSSR count). The first-order valence-electron chi connectivity index (χ1n) is 9.66. The Morgan fingerprint density at radius 3 is 2.80 bits per heavy atom. The molecule has 0 aliphatic carbocycles. The Morgan fingerprint density at radius 1 is 1.30 bits per heavy atom. The van der Waals surface area contributed by atoms with Gasteiger partial charge in [0.2, 0.25) is 0 Å². The molecule has 1 aromatic carbocycles. The van der Waals surface area contributed by atoms with Gasteiger partial charge in [-0.1, -0.05) is 5.16 Å². The quantitative estimate of drug-likeness (QED) is 0.621. The van der Waals surface area contributed by atoms with E-state index in [0.29, 0.717) is 23.0 Å². The Balaban J connectivity index is 1.75. The number of nitrogens with one attached hydrogen (secondary N) is 1. The molecule has 0 amide bonds.